The van der Waals surface area contributed by atoms with Crippen LogP contribution in [0.3, 0.4) is 0 Å². The molecule has 2 rings (SSSR count). The largest absolute Gasteiger partial charge is 0.269 e. The Balaban J connectivity index is 1.87. The SMILES string of the molecule is O=[N+]([O-])c1ccc(CSC2CCCC2)cc1. The number of hydrogen-bond acceptors (Lipinski definition) is 3. The zero-order valence-corrected chi connectivity index (χ0v) is 9.91. The van der Waals surface area contributed by atoms with E-state index in [1.54, 1.807) is 12.1 Å². The normalized spacial score (nSPS) is 16.5. The van der Waals surface area contributed by atoms with Gasteiger partial charge in [0.1, 0.15) is 0 Å². The molecule has 0 unspecified atom stereocenters. The molecule has 4 heteroatoms. The van der Waals surface area contributed by atoms with Crippen LogP contribution in [0.25, 0.3) is 0 Å². The molecule has 1 saturated carbocycles. The molecule has 1 fully saturated rings. The minimum Gasteiger partial charge on any atom is -0.258 e. The fraction of sp³-hybridized carbons (Fsp3) is 0.500. The van der Waals surface area contributed by atoms with Gasteiger partial charge in [-0.3, -0.25) is 10.1 Å². The molecule has 1 aliphatic rings. The van der Waals surface area contributed by atoms with Gasteiger partial charge in [0.05, 0.1) is 4.92 Å². The maximum Gasteiger partial charge on any atom is 0.269 e. The van der Waals surface area contributed by atoms with Crippen molar-refractivity contribution < 1.29 is 4.92 Å². The third kappa shape index (κ3) is 2.98. The van der Waals surface area contributed by atoms with Crippen molar-refractivity contribution in [2.24, 2.45) is 0 Å². The average Bonchev–Trinajstić information content (AvgIpc) is 2.80. The quantitative estimate of drug-likeness (QED) is 0.591. The Labute approximate surface area is 99.4 Å². The van der Waals surface area contributed by atoms with Gasteiger partial charge in [0.2, 0.25) is 0 Å². The van der Waals surface area contributed by atoms with Crippen molar-refractivity contribution in [2.45, 2.75) is 36.7 Å². The van der Waals surface area contributed by atoms with Crippen LogP contribution >= 0.6 is 11.8 Å². The molecule has 0 N–H and O–H groups in total. The van der Waals surface area contributed by atoms with Crippen LogP contribution in [0, 0.1) is 10.1 Å². The third-order valence-electron chi connectivity index (χ3n) is 2.94. The van der Waals surface area contributed by atoms with E-state index >= 15 is 0 Å². The van der Waals surface area contributed by atoms with E-state index in [0.717, 1.165) is 11.0 Å². The Morgan fingerprint density at radius 3 is 2.44 bits per heavy atom. The Kier molecular flexibility index (Phi) is 3.83. The zero-order chi connectivity index (χ0) is 11.4. The van der Waals surface area contributed by atoms with Crippen LogP contribution in [-0.4, -0.2) is 10.2 Å². The van der Waals surface area contributed by atoms with E-state index in [-0.39, 0.29) is 10.6 Å². The van der Waals surface area contributed by atoms with E-state index in [9.17, 15) is 10.1 Å². The molecule has 86 valence electrons. The number of non-ortho nitro benzene ring substituents is 1. The summed E-state index contributed by atoms with van der Waals surface area (Å²) in [7, 11) is 0. The molecule has 0 saturated heterocycles. The summed E-state index contributed by atoms with van der Waals surface area (Å²) in [5.41, 5.74) is 1.36. The molecule has 0 amide bonds. The molecule has 1 aromatic carbocycles. The summed E-state index contributed by atoms with van der Waals surface area (Å²) >= 11 is 1.98. The third-order valence-corrected chi connectivity index (χ3v) is 4.38. The number of thioether (sulfide) groups is 1. The highest BCUT2D eigenvalue weighted by molar-refractivity contribution is 7.99. The molecular formula is C12H15NO2S. The number of nitro groups is 1. The van der Waals surface area contributed by atoms with Gasteiger partial charge in [-0.2, -0.15) is 11.8 Å². The fourth-order valence-corrected chi connectivity index (χ4v) is 3.27. The van der Waals surface area contributed by atoms with E-state index in [1.165, 1.54) is 31.2 Å². The molecule has 3 nitrogen and oxygen atoms in total. The van der Waals surface area contributed by atoms with E-state index in [4.69, 9.17) is 0 Å². The Morgan fingerprint density at radius 2 is 1.88 bits per heavy atom. The maximum absolute atomic E-state index is 10.5. The van der Waals surface area contributed by atoms with Crippen molar-refractivity contribution in [1.82, 2.24) is 0 Å². The fourth-order valence-electron chi connectivity index (χ4n) is 1.98. The molecule has 0 aromatic heterocycles. The Morgan fingerprint density at radius 1 is 1.25 bits per heavy atom. The van der Waals surface area contributed by atoms with Crippen molar-refractivity contribution in [3.05, 3.63) is 39.9 Å². The predicted octanol–water partition coefficient (Wildman–Crippen LogP) is 3.77. The Hall–Kier alpha value is -1.03. The van der Waals surface area contributed by atoms with Crippen LogP contribution in [0.4, 0.5) is 5.69 Å². The lowest BCUT2D eigenvalue weighted by Gasteiger charge is -2.07. The molecule has 0 spiro atoms. The van der Waals surface area contributed by atoms with Crippen LogP contribution in [0.15, 0.2) is 24.3 Å². The molecule has 0 radical (unpaired) electrons. The van der Waals surface area contributed by atoms with Crippen molar-refractivity contribution in [3.8, 4) is 0 Å². The summed E-state index contributed by atoms with van der Waals surface area (Å²) in [5.74, 6) is 0.975. The van der Waals surface area contributed by atoms with Gasteiger partial charge in [-0.15, -0.1) is 0 Å². The summed E-state index contributed by atoms with van der Waals surface area (Å²) in [4.78, 5) is 10.1. The van der Waals surface area contributed by atoms with E-state index in [0.29, 0.717) is 0 Å². The van der Waals surface area contributed by atoms with Gasteiger partial charge in [0.15, 0.2) is 0 Å². The number of benzene rings is 1. The highest BCUT2D eigenvalue weighted by atomic mass is 32.2. The standard InChI is InChI=1S/C12H15NO2S/c14-13(15)11-7-5-10(6-8-11)9-16-12-3-1-2-4-12/h5-8,12H,1-4,9H2. The van der Waals surface area contributed by atoms with Crippen molar-refractivity contribution in [1.29, 1.82) is 0 Å². The summed E-state index contributed by atoms with van der Waals surface area (Å²) in [6.07, 6.45) is 5.38. The van der Waals surface area contributed by atoms with Gasteiger partial charge < -0.3 is 0 Å². The second-order valence-electron chi connectivity index (χ2n) is 4.14. The van der Waals surface area contributed by atoms with Gasteiger partial charge in [0, 0.05) is 23.1 Å². The van der Waals surface area contributed by atoms with E-state index in [2.05, 4.69) is 0 Å². The molecule has 0 bridgehead atoms. The van der Waals surface area contributed by atoms with Gasteiger partial charge in [-0.05, 0) is 18.4 Å². The van der Waals surface area contributed by atoms with E-state index < -0.39 is 0 Å². The molecule has 0 atom stereocenters. The number of rotatable bonds is 4. The summed E-state index contributed by atoms with van der Waals surface area (Å²) in [6.45, 7) is 0. The lowest BCUT2D eigenvalue weighted by Crippen LogP contribution is -1.95. The second kappa shape index (κ2) is 5.34. The highest BCUT2D eigenvalue weighted by Crippen LogP contribution is 2.31. The lowest BCUT2D eigenvalue weighted by molar-refractivity contribution is -0.384. The predicted molar refractivity (Wildman–Crippen MR) is 66.6 cm³/mol. The van der Waals surface area contributed by atoms with Crippen LogP contribution < -0.4 is 0 Å². The summed E-state index contributed by atoms with van der Waals surface area (Å²) < 4.78 is 0. The summed E-state index contributed by atoms with van der Waals surface area (Å²) in [6, 6.07) is 6.90. The summed E-state index contributed by atoms with van der Waals surface area (Å²) in [5, 5.41) is 11.3. The van der Waals surface area contributed by atoms with Crippen molar-refractivity contribution in [3.63, 3.8) is 0 Å². The Bertz CT molecular complexity index is 358. The first-order chi connectivity index (χ1) is 7.75. The van der Waals surface area contributed by atoms with Crippen LogP contribution in [0.1, 0.15) is 31.2 Å². The monoisotopic (exact) mass is 237 g/mol. The minimum atomic E-state index is -0.353. The topological polar surface area (TPSA) is 43.1 Å². The van der Waals surface area contributed by atoms with Gasteiger partial charge >= 0.3 is 0 Å². The second-order valence-corrected chi connectivity index (χ2v) is 5.43. The highest BCUT2D eigenvalue weighted by Gasteiger charge is 2.15. The van der Waals surface area contributed by atoms with Crippen LogP contribution in [-0.2, 0) is 5.75 Å². The van der Waals surface area contributed by atoms with Crippen LogP contribution in [0.2, 0.25) is 0 Å². The average molecular weight is 237 g/mol. The first kappa shape index (κ1) is 11.5. The van der Waals surface area contributed by atoms with Crippen molar-refractivity contribution >= 4 is 17.4 Å². The number of nitro benzene ring substituents is 1. The molecule has 0 heterocycles. The first-order valence-corrected chi connectivity index (χ1v) is 6.65. The van der Waals surface area contributed by atoms with Gasteiger partial charge in [0.25, 0.3) is 5.69 Å². The molecule has 1 aromatic rings. The first-order valence-electron chi connectivity index (χ1n) is 5.60. The van der Waals surface area contributed by atoms with Crippen LogP contribution in [0.5, 0.6) is 0 Å². The molecular weight excluding hydrogens is 222 g/mol. The van der Waals surface area contributed by atoms with Gasteiger partial charge in [-0.25, -0.2) is 0 Å². The lowest BCUT2D eigenvalue weighted by atomic mass is 10.2. The van der Waals surface area contributed by atoms with Crippen molar-refractivity contribution in [2.75, 3.05) is 0 Å². The smallest absolute Gasteiger partial charge is 0.258 e. The number of hydrogen-bond donors (Lipinski definition) is 0. The molecule has 0 aliphatic heterocycles. The molecule has 16 heavy (non-hydrogen) atoms. The molecule has 1 aliphatic carbocycles. The zero-order valence-electron chi connectivity index (χ0n) is 9.09. The van der Waals surface area contributed by atoms with E-state index in [1.807, 2.05) is 23.9 Å². The maximum atomic E-state index is 10.5. The van der Waals surface area contributed by atoms with Gasteiger partial charge in [-0.1, -0.05) is 25.0 Å². The number of nitrogens with zero attached hydrogens (tertiary/aromatic N) is 1. The minimum absolute atomic E-state index is 0.176.